The quantitative estimate of drug-likeness (QED) is 0.406. The Bertz CT molecular complexity index is 1070. The van der Waals surface area contributed by atoms with Crippen LogP contribution in [-0.4, -0.2) is 49.4 Å². The largest absolute Gasteiger partial charge is 0.405 e. The van der Waals surface area contributed by atoms with Crippen LogP contribution in [0.15, 0.2) is 36.7 Å². The fourth-order valence-corrected chi connectivity index (χ4v) is 2.38. The number of halogens is 4. The van der Waals surface area contributed by atoms with Crippen LogP contribution in [-0.2, 0) is 4.79 Å². The van der Waals surface area contributed by atoms with Crippen molar-refractivity contribution in [2.75, 3.05) is 22.9 Å². The van der Waals surface area contributed by atoms with Gasteiger partial charge in [0.1, 0.15) is 30.5 Å². The number of benzene rings is 1. The van der Waals surface area contributed by atoms with Crippen molar-refractivity contribution in [3.63, 3.8) is 0 Å². The maximum absolute atomic E-state index is 13.0. The summed E-state index contributed by atoms with van der Waals surface area (Å²) in [5.74, 6) is -0.808. The number of nitrogens with zero attached hydrogens (tertiary/aromatic N) is 5. The zero-order valence-electron chi connectivity index (χ0n) is 16.0. The summed E-state index contributed by atoms with van der Waals surface area (Å²) in [6.07, 6.45) is -3.35. The van der Waals surface area contributed by atoms with E-state index in [4.69, 9.17) is 5.73 Å². The summed E-state index contributed by atoms with van der Waals surface area (Å²) >= 11 is 0. The van der Waals surface area contributed by atoms with Gasteiger partial charge in [0, 0.05) is 17.5 Å². The molecule has 2 heterocycles. The summed E-state index contributed by atoms with van der Waals surface area (Å²) in [6, 6.07) is 5.89. The smallest absolute Gasteiger partial charge is 0.368 e. The number of nitrogens with one attached hydrogen (secondary N) is 3. The number of amides is 1. The predicted octanol–water partition coefficient (Wildman–Crippen LogP) is 2.99. The third kappa shape index (κ3) is 6.01. The van der Waals surface area contributed by atoms with Crippen LogP contribution in [0, 0.1) is 5.82 Å². The maximum atomic E-state index is 13.0. The number of anilines is 4. The highest BCUT2D eigenvalue weighted by atomic mass is 19.4. The van der Waals surface area contributed by atoms with Gasteiger partial charge in [-0.1, -0.05) is 0 Å². The van der Waals surface area contributed by atoms with Gasteiger partial charge in [0.2, 0.25) is 17.8 Å². The molecule has 0 bridgehead atoms. The molecule has 0 aliphatic heterocycles. The van der Waals surface area contributed by atoms with Crippen molar-refractivity contribution < 1.29 is 28.1 Å². The van der Waals surface area contributed by atoms with Gasteiger partial charge in [-0.05, 0) is 31.2 Å². The van der Waals surface area contributed by atoms with Crippen LogP contribution < -0.4 is 21.7 Å². The molecule has 3 aromatic rings. The third-order valence-corrected chi connectivity index (χ3v) is 3.82. The molecule has 14 heteroatoms. The average molecular weight is 447 g/mol. The molecule has 0 saturated carbocycles. The van der Waals surface area contributed by atoms with Crippen LogP contribution in [0.25, 0.3) is 5.82 Å². The SMILES string of the molecule is C[C@H](Nc1cc(-n2nc(Nc3ccc(F)cc3)nc2N)ncn1)C(=O)NCC(F)(F)F.[HH].[HH].[HH].[HH]. The number of alkyl halides is 3. The Morgan fingerprint density at radius 2 is 1.97 bits per heavy atom. The van der Waals surface area contributed by atoms with E-state index in [9.17, 15) is 22.4 Å². The molecule has 3 rings (SSSR count). The number of rotatable bonds is 7. The minimum atomic E-state index is -4.51. The third-order valence-electron chi connectivity index (χ3n) is 3.82. The summed E-state index contributed by atoms with van der Waals surface area (Å²) in [5, 5.41) is 11.5. The number of carbonyl (C=O) groups is 1. The zero-order chi connectivity index (χ0) is 22.6. The molecule has 1 amide bonds. The van der Waals surface area contributed by atoms with Crippen molar-refractivity contribution in [1.29, 1.82) is 0 Å². The molecular weight excluding hydrogens is 422 g/mol. The minimum absolute atomic E-state index is 0. The molecule has 0 radical (unpaired) electrons. The van der Waals surface area contributed by atoms with Crippen LogP contribution in [0.4, 0.5) is 41.0 Å². The Balaban J connectivity index is 0. The lowest BCUT2D eigenvalue weighted by atomic mass is 10.3. The number of carbonyl (C=O) groups excluding carboxylic acids is 1. The van der Waals surface area contributed by atoms with Gasteiger partial charge in [-0.15, -0.1) is 5.10 Å². The van der Waals surface area contributed by atoms with E-state index < -0.39 is 30.5 Å². The van der Waals surface area contributed by atoms with E-state index in [1.807, 2.05) is 0 Å². The van der Waals surface area contributed by atoms with Crippen molar-refractivity contribution in [3.8, 4) is 5.82 Å². The normalized spacial score (nSPS) is 12.3. The first-order valence-electron chi connectivity index (χ1n) is 8.79. The molecule has 0 saturated heterocycles. The van der Waals surface area contributed by atoms with Gasteiger partial charge < -0.3 is 21.7 Å². The maximum Gasteiger partial charge on any atom is 0.405 e. The number of nitrogen functional groups attached to an aromatic ring is 1. The van der Waals surface area contributed by atoms with Crippen LogP contribution in [0.2, 0.25) is 0 Å². The fourth-order valence-electron chi connectivity index (χ4n) is 2.38. The Kier molecular flexibility index (Phi) is 6.17. The second-order valence-electron chi connectivity index (χ2n) is 6.30. The van der Waals surface area contributed by atoms with Gasteiger partial charge in [0.25, 0.3) is 0 Å². The first kappa shape index (κ1) is 21.7. The van der Waals surface area contributed by atoms with E-state index in [1.165, 1.54) is 41.9 Å². The summed E-state index contributed by atoms with van der Waals surface area (Å²) in [7, 11) is 0. The first-order chi connectivity index (χ1) is 14.6. The standard InChI is InChI=1S/C17H17F4N9O.4H2/c1-9(14(31)23-7-17(19,20)21)26-12-6-13(25-8-24-12)30-15(22)28-16(29-30)27-11-4-2-10(18)3-5-11;;;;/h2-6,8-9H,7H2,1H3,(H,23,31)(H,24,25,26)(H3,22,27,28,29);4*1H/t9-;;;;/m0..../s1. The van der Waals surface area contributed by atoms with Crippen molar-refractivity contribution in [2.24, 2.45) is 0 Å². The van der Waals surface area contributed by atoms with Crippen LogP contribution in [0.3, 0.4) is 0 Å². The average Bonchev–Trinajstić information content (AvgIpc) is 3.07. The molecular formula is C17H25F4N9O. The fraction of sp³-hybridized carbons (Fsp3) is 0.235. The zero-order valence-corrected chi connectivity index (χ0v) is 16.0. The molecule has 172 valence electrons. The van der Waals surface area contributed by atoms with Gasteiger partial charge in [-0.3, -0.25) is 4.79 Å². The molecule has 5 N–H and O–H groups in total. The van der Waals surface area contributed by atoms with Crippen molar-refractivity contribution in [3.05, 3.63) is 42.5 Å². The van der Waals surface area contributed by atoms with E-state index in [0.717, 1.165) is 6.33 Å². The molecule has 1 atom stereocenters. The molecule has 2 aromatic heterocycles. The lowest BCUT2D eigenvalue weighted by Crippen LogP contribution is -2.42. The van der Waals surface area contributed by atoms with Crippen molar-refractivity contribution in [2.45, 2.75) is 19.1 Å². The van der Waals surface area contributed by atoms with Gasteiger partial charge in [0.05, 0.1) is 0 Å². The van der Waals surface area contributed by atoms with Crippen LogP contribution in [0.5, 0.6) is 0 Å². The molecule has 0 aliphatic rings. The summed E-state index contributed by atoms with van der Waals surface area (Å²) in [5.41, 5.74) is 6.40. The molecule has 0 aliphatic carbocycles. The number of nitrogens with two attached hydrogens (primary N) is 1. The Hall–Kier alpha value is -3.97. The molecule has 0 unspecified atom stereocenters. The van der Waals surface area contributed by atoms with Gasteiger partial charge in [0.15, 0.2) is 5.82 Å². The topological polar surface area (TPSA) is 136 Å². The first-order valence-corrected chi connectivity index (χ1v) is 8.79. The Morgan fingerprint density at radius 1 is 1.26 bits per heavy atom. The Labute approximate surface area is 178 Å². The van der Waals surface area contributed by atoms with E-state index in [-0.39, 0.29) is 29.2 Å². The number of hydrogen-bond acceptors (Lipinski definition) is 8. The number of hydrogen-bond donors (Lipinski definition) is 4. The minimum Gasteiger partial charge on any atom is -0.368 e. The molecule has 0 spiro atoms. The molecule has 10 nitrogen and oxygen atoms in total. The number of aromatic nitrogens is 5. The van der Waals surface area contributed by atoms with Crippen LogP contribution >= 0.6 is 0 Å². The highest BCUT2D eigenvalue weighted by Gasteiger charge is 2.28. The van der Waals surface area contributed by atoms with Gasteiger partial charge in [-0.2, -0.15) is 22.8 Å². The molecule has 1 aromatic carbocycles. The second kappa shape index (κ2) is 8.81. The highest BCUT2D eigenvalue weighted by Crippen LogP contribution is 2.18. The van der Waals surface area contributed by atoms with Crippen molar-refractivity contribution >= 4 is 29.3 Å². The van der Waals surface area contributed by atoms with E-state index in [1.54, 1.807) is 5.32 Å². The molecule has 0 fully saturated rings. The summed E-state index contributed by atoms with van der Waals surface area (Å²) < 4.78 is 50.9. The van der Waals surface area contributed by atoms with Crippen molar-refractivity contribution in [1.82, 2.24) is 30.0 Å². The summed E-state index contributed by atoms with van der Waals surface area (Å²) in [4.78, 5) is 23.8. The lowest BCUT2D eigenvalue weighted by Gasteiger charge is -2.15. The highest BCUT2D eigenvalue weighted by molar-refractivity contribution is 5.83. The monoisotopic (exact) mass is 447 g/mol. The van der Waals surface area contributed by atoms with Gasteiger partial charge in [-0.25, -0.2) is 14.4 Å². The predicted molar refractivity (Wildman–Crippen MR) is 112 cm³/mol. The van der Waals surface area contributed by atoms with E-state index in [0.29, 0.717) is 5.69 Å². The summed E-state index contributed by atoms with van der Waals surface area (Å²) in [6.45, 7) is -0.0613. The van der Waals surface area contributed by atoms with E-state index in [2.05, 4.69) is 30.7 Å². The molecule has 31 heavy (non-hydrogen) atoms. The lowest BCUT2D eigenvalue weighted by molar-refractivity contribution is -0.138. The van der Waals surface area contributed by atoms with E-state index >= 15 is 0 Å². The second-order valence-corrected chi connectivity index (χ2v) is 6.30. The van der Waals surface area contributed by atoms with Crippen LogP contribution in [0.1, 0.15) is 12.6 Å². The Morgan fingerprint density at radius 3 is 2.65 bits per heavy atom. The van der Waals surface area contributed by atoms with Gasteiger partial charge >= 0.3 is 6.18 Å².